The van der Waals surface area contributed by atoms with Gasteiger partial charge in [-0.2, -0.15) is 0 Å². The van der Waals surface area contributed by atoms with Gasteiger partial charge in [-0.3, -0.25) is 9.59 Å². The highest BCUT2D eigenvalue weighted by atomic mass is 16.4. The maximum absolute atomic E-state index is 11.4. The maximum atomic E-state index is 11.4. The Kier molecular flexibility index (Phi) is 4.16. The van der Waals surface area contributed by atoms with E-state index < -0.39 is 5.97 Å². The normalized spacial score (nSPS) is 20.4. The highest BCUT2D eigenvalue weighted by Crippen LogP contribution is 2.17. The van der Waals surface area contributed by atoms with Crippen LogP contribution in [0.4, 0.5) is 0 Å². The van der Waals surface area contributed by atoms with E-state index in [1.807, 2.05) is 6.08 Å². The minimum atomic E-state index is -0.881. The molecule has 1 amide bonds. The van der Waals surface area contributed by atoms with Gasteiger partial charge < -0.3 is 10.4 Å². The van der Waals surface area contributed by atoms with Crippen LogP contribution in [0.15, 0.2) is 12.2 Å². The van der Waals surface area contributed by atoms with Crippen LogP contribution in [0.3, 0.4) is 0 Å². The summed E-state index contributed by atoms with van der Waals surface area (Å²) in [7, 11) is 0. The van der Waals surface area contributed by atoms with Crippen LogP contribution in [0.5, 0.6) is 0 Å². The third-order valence-electron chi connectivity index (χ3n) is 2.28. The molecule has 4 heteroatoms. The first-order valence-corrected chi connectivity index (χ1v) is 4.84. The van der Waals surface area contributed by atoms with Crippen LogP contribution in [-0.2, 0) is 9.59 Å². The quantitative estimate of drug-likeness (QED) is 0.659. The lowest BCUT2D eigenvalue weighted by atomic mass is 9.94. The fraction of sp³-hybridized carbons (Fsp3) is 0.600. The van der Waals surface area contributed by atoms with Gasteiger partial charge in [0.05, 0.1) is 6.42 Å². The average Bonchev–Trinajstić information content (AvgIpc) is 2.18. The van der Waals surface area contributed by atoms with Gasteiger partial charge >= 0.3 is 5.97 Å². The second-order valence-corrected chi connectivity index (χ2v) is 3.42. The molecule has 0 aromatic carbocycles. The summed E-state index contributed by atoms with van der Waals surface area (Å²) in [6.45, 7) is 0.231. The third-order valence-corrected chi connectivity index (χ3v) is 2.28. The molecule has 0 aromatic rings. The lowest BCUT2D eigenvalue weighted by Crippen LogP contribution is -2.32. The van der Waals surface area contributed by atoms with E-state index in [0.717, 1.165) is 19.3 Å². The molecule has 78 valence electrons. The molecule has 0 radical (unpaired) electrons. The standard InChI is InChI=1S/C10H15NO3/c12-9(13)6-7-11-10(14)8-4-2-1-3-5-8/h1-2,8H,3-7H2,(H,11,14)(H,12,13). The molecule has 1 rings (SSSR count). The van der Waals surface area contributed by atoms with Gasteiger partial charge in [-0.1, -0.05) is 12.2 Å². The Morgan fingerprint density at radius 1 is 1.43 bits per heavy atom. The fourth-order valence-electron chi connectivity index (χ4n) is 1.47. The largest absolute Gasteiger partial charge is 0.481 e. The summed E-state index contributed by atoms with van der Waals surface area (Å²) in [5.74, 6) is -0.863. The van der Waals surface area contributed by atoms with E-state index in [1.165, 1.54) is 0 Å². The summed E-state index contributed by atoms with van der Waals surface area (Å²) in [4.78, 5) is 21.6. The molecule has 0 saturated heterocycles. The average molecular weight is 197 g/mol. The van der Waals surface area contributed by atoms with Gasteiger partial charge in [0.2, 0.25) is 5.91 Å². The van der Waals surface area contributed by atoms with E-state index in [0.29, 0.717) is 0 Å². The van der Waals surface area contributed by atoms with Crippen molar-refractivity contribution < 1.29 is 14.7 Å². The predicted molar refractivity (Wildman–Crippen MR) is 51.7 cm³/mol. The van der Waals surface area contributed by atoms with Crippen LogP contribution in [0.2, 0.25) is 0 Å². The number of amides is 1. The summed E-state index contributed by atoms with van der Waals surface area (Å²) < 4.78 is 0. The Bertz CT molecular complexity index is 248. The van der Waals surface area contributed by atoms with Gasteiger partial charge in [0.1, 0.15) is 0 Å². The first-order valence-electron chi connectivity index (χ1n) is 4.84. The van der Waals surface area contributed by atoms with E-state index in [1.54, 1.807) is 0 Å². The first kappa shape index (κ1) is 10.8. The van der Waals surface area contributed by atoms with Gasteiger partial charge in [0.25, 0.3) is 0 Å². The molecule has 0 spiro atoms. The highest BCUT2D eigenvalue weighted by molar-refractivity contribution is 5.79. The molecule has 2 N–H and O–H groups in total. The van der Waals surface area contributed by atoms with Crippen molar-refractivity contribution in [3.8, 4) is 0 Å². The number of aliphatic carboxylic acids is 1. The van der Waals surface area contributed by atoms with Crippen molar-refractivity contribution in [3.63, 3.8) is 0 Å². The Balaban J connectivity index is 2.20. The summed E-state index contributed by atoms with van der Waals surface area (Å²) in [6.07, 6.45) is 6.66. The van der Waals surface area contributed by atoms with Crippen molar-refractivity contribution in [3.05, 3.63) is 12.2 Å². The Hall–Kier alpha value is -1.32. The minimum Gasteiger partial charge on any atom is -0.481 e. The third kappa shape index (κ3) is 3.60. The van der Waals surface area contributed by atoms with E-state index in [4.69, 9.17) is 5.11 Å². The molecule has 0 saturated carbocycles. The van der Waals surface area contributed by atoms with Crippen LogP contribution < -0.4 is 5.32 Å². The second-order valence-electron chi connectivity index (χ2n) is 3.42. The zero-order valence-electron chi connectivity index (χ0n) is 8.03. The van der Waals surface area contributed by atoms with Crippen molar-refractivity contribution in [1.29, 1.82) is 0 Å². The van der Waals surface area contributed by atoms with Crippen LogP contribution in [-0.4, -0.2) is 23.5 Å². The number of carbonyl (C=O) groups excluding carboxylic acids is 1. The molecule has 4 nitrogen and oxygen atoms in total. The number of carbonyl (C=O) groups is 2. The molecule has 0 aromatic heterocycles. The molecule has 1 unspecified atom stereocenters. The maximum Gasteiger partial charge on any atom is 0.305 e. The fourth-order valence-corrected chi connectivity index (χ4v) is 1.47. The number of carboxylic acid groups (broad SMARTS) is 1. The highest BCUT2D eigenvalue weighted by Gasteiger charge is 2.17. The van der Waals surface area contributed by atoms with Gasteiger partial charge in [-0.05, 0) is 19.3 Å². The molecule has 0 fully saturated rings. The Morgan fingerprint density at radius 2 is 2.21 bits per heavy atom. The van der Waals surface area contributed by atoms with Gasteiger partial charge in [0.15, 0.2) is 0 Å². The lowest BCUT2D eigenvalue weighted by Gasteiger charge is -2.16. The van der Waals surface area contributed by atoms with Gasteiger partial charge in [0, 0.05) is 12.5 Å². The van der Waals surface area contributed by atoms with Gasteiger partial charge in [-0.15, -0.1) is 0 Å². The molecule has 14 heavy (non-hydrogen) atoms. The number of allylic oxidation sites excluding steroid dienone is 2. The van der Waals surface area contributed by atoms with Crippen molar-refractivity contribution in [2.75, 3.05) is 6.54 Å². The van der Waals surface area contributed by atoms with E-state index in [-0.39, 0.29) is 24.8 Å². The summed E-state index contributed by atoms with van der Waals surface area (Å²) in [6, 6.07) is 0. The van der Waals surface area contributed by atoms with Crippen LogP contribution in [0.1, 0.15) is 25.7 Å². The smallest absolute Gasteiger partial charge is 0.305 e. The Morgan fingerprint density at radius 3 is 2.79 bits per heavy atom. The molecular formula is C10H15NO3. The molecule has 0 bridgehead atoms. The molecule has 1 aliphatic rings. The van der Waals surface area contributed by atoms with Crippen molar-refractivity contribution in [2.45, 2.75) is 25.7 Å². The zero-order chi connectivity index (χ0) is 10.4. The molecular weight excluding hydrogens is 182 g/mol. The number of nitrogens with one attached hydrogen (secondary N) is 1. The van der Waals surface area contributed by atoms with Crippen molar-refractivity contribution >= 4 is 11.9 Å². The SMILES string of the molecule is O=C(O)CCNC(=O)C1CC=CCC1. The second kappa shape index (κ2) is 5.42. The monoisotopic (exact) mass is 197 g/mol. The predicted octanol–water partition coefficient (Wildman–Crippen LogP) is 0.934. The minimum absolute atomic E-state index is 0.00566. The molecule has 1 atom stereocenters. The number of rotatable bonds is 4. The van der Waals surface area contributed by atoms with Gasteiger partial charge in [-0.25, -0.2) is 0 Å². The molecule has 0 heterocycles. The number of hydrogen-bond donors (Lipinski definition) is 2. The Labute approximate surface area is 83.0 Å². The molecule has 1 aliphatic carbocycles. The summed E-state index contributed by atoms with van der Waals surface area (Å²) in [5.41, 5.74) is 0. The van der Waals surface area contributed by atoms with Crippen LogP contribution in [0.25, 0.3) is 0 Å². The number of carboxylic acids is 1. The van der Waals surface area contributed by atoms with E-state index in [9.17, 15) is 9.59 Å². The molecule has 0 aliphatic heterocycles. The van der Waals surface area contributed by atoms with E-state index in [2.05, 4.69) is 11.4 Å². The zero-order valence-corrected chi connectivity index (χ0v) is 8.03. The van der Waals surface area contributed by atoms with Crippen LogP contribution in [0, 0.1) is 5.92 Å². The summed E-state index contributed by atoms with van der Waals surface area (Å²) in [5, 5.41) is 11.0. The van der Waals surface area contributed by atoms with E-state index >= 15 is 0 Å². The van der Waals surface area contributed by atoms with Crippen LogP contribution >= 0.6 is 0 Å². The van der Waals surface area contributed by atoms with Crippen molar-refractivity contribution in [2.24, 2.45) is 5.92 Å². The first-order chi connectivity index (χ1) is 6.70. The van der Waals surface area contributed by atoms with Crippen molar-refractivity contribution in [1.82, 2.24) is 5.32 Å². The number of hydrogen-bond acceptors (Lipinski definition) is 2. The summed E-state index contributed by atoms with van der Waals surface area (Å²) >= 11 is 0. The topological polar surface area (TPSA) is 66.4 Å². The lowest BCUT2D eigenvalue weighted by molar-refractivity contribution is -0.137.